The summed E-state index contributed by atoms with van der Waals surface area (Å²) in [4.78, 5) is 44.9. The van der Waals surface area contributed by atoms with Crippen LogP contribution in [0.2, 0.25) is 0 Å². The fourth-order valence-electron chi connectivity index (χ4n) is 6.44. The van der Waals surface area contributed by atoms with Crippen LogP contribution in [0.4, 0.5) is 8.78 Å². The standard InChI is InChI=1S/C39H55Cl3F2N6O5S/c1-24(2)32(22-45-26(4)33(51)50-20-8-9-30(48-50)34(52)55-23-39(40,41)42)47-35(53)37(16-18-38(43,44)19-17-37)15-14-27-10-11-28-12-13-29(46-31(28)21-27)25(3)49-56(54)36(5,6)7/h10-15,21,24-26,30,32,45,48-49H,8-9,16-20,22-23H2,1-7H3,(H,47,53)/b15-14+/t25-,26+,30+,32-,56-/m1/s1. The van der Waals surface area contributed by atoms with E-state index in [1.165, 1.54) is 5.01 Å². The zero-order chi connectivity index (χ0) is 41.6. The van der Waals surface area contributed by atoms with Crippen LogP contribution in [-0.2, 0) is 30.5 Å². The molecular formula is C39H55Cl3F2N6O5S. The molecule has 4 rings (SSSR count). The topological polar surface area (TPSA) is 148 Å². The van der Waals surface area contributed by atoms with Gasteiger partial charge in [-0.3, -0.25) is 24.4 Å². The second-order valence-corrected chi connectivity index (χ2v) is 20.8. The summed E-state index contributed by atoms with van der Waals surface area (Å²) in [6.07, 6.45) is 3.60. The van der Waals surface area contributed by atoms with Crippen molar-refractivity contribution in [3.63, 3.8) is 0 Å². The third kappa shape index (κ3) is 13.1. The van der Waals surface area contributed by atoms with Crippen molar-refractivity contribution >= 4 is 80.9 Å². The minimum Gasteiger partial charge on any atom is -0.598 e. The zero-order valence-electron chi connectivity index (χ0n) is 33.0. The minimum atomic E-state index is -2.86. The van der Waals surface area contributed by atoms with Crippen molar-refractivity contribution in [2.24, 2.45) is 11.3 Å². The van der Waals surface area contributed by atoms with Crippen LogP contribution >= 0.6 is 34.8 Å². The molecule has 1 saturated heterocycles. The van der Waals surface area contributed by atoms with Crippen molar-refractivity contribution in [3.8, 4) is 0 Å². The predicted octanol–water partition coefficient (Wildman–Crippen LogP) is 7.08. The number of ether oxygens (including phenoxy) is 1. The second kappa shape index (κ2) is 19.2. The molecule has 4 N–H and O–H groups in total. The largest absolute Gasteiger partial charge is 0.598 e. The lowest BCUT2D eigenvalue weighted by molar-refractivity contribution is -0.152. The van der Waals surface area contributed by atoms with Gasteiger partial charge in [0.1, 0.15) is 17.4 Å². The van der Waals surface area contributed by atoms with E-state index in [2.05, 4.69) is 20.8 Å². The Morgan fingerprint density at radius 3 is 2.38 bits per heavy atom. The summed E-state index contributed by atoms with van der Waals surface area (Å²) in [5.74, 6) is -4.23. The van der Waals surface area contributed by atoms with E-state index in [1.54, 1.807) is 19.1 Å². The van der Waals surface area contributed by atoms with Gasteiger partial charge in [-0.05, 0) is 83.9 Å². The minimum absolute atomic E-state index is 0.0363. The van der Waals surface area contributed by atoms with E-state index in [0.717, 1.165) is 16.6 Å². The van der Waals surface area contributed by atoms with E-state index in [4.69, 9.17) is 44.5 Å². The van der Waals surface area contributed by atoms with Crippen LogP contribution in [0.1, 0.15) is 104 Å². The van der Waals surface area contributed by atoms with Gasteiger partial charge in [0.05, 0.1) is 28.7 Å². The van der Waals surface area contributed by atoms with E-state index < -0.39 is 74.8 Å². The van der Waals surface area contributed by atoms with Crippen LogP contribution in [0, 0.1) is 11.3 Å². The van der Waals surface area contributed by atoms with E-state index in [0.29, 0.717) is 24.9 Å². The molecule has 2 amide bonds. The van der Waals surface area contributed by atoms with Gasteiger partial charge in [0.2, 0.25) is 15.6 Å². The molecule has 0 unspecified atom stereocenters. The summed E-state index contributed by atoms with van der Waals surface area (Å²) in [5.41, 5.74) is 3.91. The molecule has 1 aromatic carbocycles. The molecule has 1 aromatic heterocycles. The maximum Gasteiger partial charge on any atom is 0.325 e. The molecule has 5 atom stereocenters. The van der Waals surface area contributed by atoms with Crippen LogP contribution < -0.4 is 20.8 Å². The van der Waals surface area contributed by atoms with Crippen LogP contribution in [-0.4, -0.2) is 84.6 Å². The van der Waals surface area contributed by atoms with E-state index >= 15 is 0 Å². The molecule has 1 aliphatic carbocycles. The number of fused-ring (bicyclic) bond motifs is 1. The zero-order valence-corrected chi connectivity index (χ0v) is 36.1. The van der Waals surface area contributed by atoms with Crippen molar-refractivity contribution in [2.45, 2.75) is 126 Å². The molecule has 11 nitrogen and oxygen atoms in total. The number of carbonyl (C=O) groups is 3. The molecule has 17 heteroatoms. The lowest BCUT2D eigenvalue weighted by Crippen LogP contribution is -2.60. The number of amides is 2. The molecule has 2 aromatic rings. The number of nitrogens with zero attached hydrogens (tertiary/aromatic N) is 2. The van der Waals surface area contributed by atoms with E-state index in [9.17, 15) is 27.7 Å². The number of hydrogen-bond donors (Lipinski definition) is 4. The molecule has 1 aliphatic heterocycles. The van der Waals surface area contributed by atoms with Gasteiger partial charge in [0.15, 0.2) is 0 Å². The average Bonchev–Trinajstić information content (AvgIpc) is 3.13. The Kier molecular flexibility index (Phi) is 15.9. The average molecular weight is 864 g/mol. The number of hydrazine groups is 1. The molecular weight excluding hydrogens is 809 g/mol. The number of nitrogens with one attached hydrogen (secondary N) is 4. The molecule has 1 saturated carbocycles. The quantitative estimate of drug-likeness (QED) is 0.0889. The molecule has 312 valence electrons. The number of halogens is 5. The Bertz CT molecular complexity index is 1720. The van der Waals surface area contributed by atoms with Gasteiger partial charge in [-0.15, -0.1) is 4.72 Å². The van der Waals surface area contributed by atoms with Gasteiger partial charge in [-0.25, -0.2) is 14.2 Å². The van der Waals surface area contributed by atoms with Gasteiger partial charge < -0.3 is 19.9 Å². The van der Waals surface area contributed by atoms with Crippen molar-refractivity contribution in [1.82, 2.24) is 30.8 Å². The fraction of sp³-hybridized carbons (Fsp3) is 0.641. The first-order valence-corrected chi connectivity index (χ1v) is 21.3. The first-order chi connectivity index (χ1) is 26.0. The van der Waals surface area contributed by atoms with Gasteiger partial charge in [0, 0.05) is 48.7 Å². The number of pyridine rings is 1. The fourth-order valence-corrected chi connectivity index (χ4v) is 7.40. The summed E-state index contributed by atoms with van der Waals surface area (Å²) in [5, 5.41) is 8.58. The maximum atomic E-state index is 14.5. The highest BCUT2D eigenvalue weighted by atomic mass is 35.6. The summed E-state index contributed by atoms with van der Waals surface area (Å²) < 4.78 is 47.7. The van der Waals surface area contributed by atoms with Crippen LogP contribution in [0.5, 0.6) is 0 Å². The van der Waals surface area contributed by atoms with Gasteiger partial charge in [-0.1, -0.05) is 79.0 Å². The van der Waals surface area contributed by atoms with Gasteiger partial charge >= 0.3 is 5.97 Å². The summed E-state index contributed by atoms with van der Waals surface area (Å²) >= 11 is 15.8. The number of rotatable bonds is 14. The number of benzene rings is 1. The Labute approximate surface area is 347 Å². The van der Waals surface area contributed by atoms with Crippen LogP contribution in [0.25, 0.3) is 17.0 Å². The van der Waals surface area contributed by atoms with Crippen LogP contribution in [0.3, 0.4) is 0 Å². The number of hydrogen-bond acceptors (Lipinski definition) is 9. The highest BCUT2D eigenvalue weighted by Crippen LogP contribution is 2.45. The highest BCUT2D eigenvalue weighted by Gasteiger charge is 2.47. The van der Waals surface area contributed by atoms with Crippen molar-refractivity contribution < 1.29 is 32.5 Å². The van der Waals surface area contributed by atoms with Crippen molar-refractivity contribution in [2.75, 3.05) is 19.7 Å². The smallest absolute Gasteiger partial charge is 0.325 e. The Balaban J connectivity index is 1.45. The number of esters is 1. The molecule has 2 fully saturated rings. The normalized spacial score (nSPS) is 21.1. The monoisotopic (exact) mass is 862 g/mol. The molecule has 2 heterocycles. The van der Waals surface area contributed by atoms with Crippen molar-refractivity contribution in [1.29, 1.82) is 0 Å². The van der Waals surface area contributed by atoms with E-state index in [-0.39, 0.29) is 43.2 Å². The second-order valence-electron chi connectivity index (χ2n) is 16.2. The third-order valence-corrected chi connectivity index (χ3v) is 12.2. The predicted molar refractivity (Wildman–Crippen MR) is 219 cm³/mol. The van der Waals surface area contributed by atoms with Gasteiger partial charge in [0.25, 0.3) is 5.91 Å². The van der Waals surface area contributed by atoms with Crippen molar-refractivity contribution in [3.05, 3.63) is 47.7 Å². The summed E-state index contributed by atoms with van der Waals surface area (Å²) in [6, 6.07) is 7.35. The number of carbonyl (C=O) groups excluding carboxylic acids is 3. The molecule has 0 spiro atoms. The number of alkyl halides is 5. The summed E-state index contributed by atoms with van der Waals surface area (Å²) in [6.45, 7) is 13.3. The first kappa shape index (κ1) is 46.4. The lowest BCUT2D eigenvalue weighted by Gasteiger charge is -2.38. The number of aromatic nitrogens is 1. The molecule has 2 aliphatic rings. The van der Waals surface area contributed by atoms with Gasteiger partial charge in [-0.2, -0.15) is 0 Å². The SMILES string of the molecule is CC(C)[C@@H](CN[C@@H](C)C(=O)N1CCC[C@@H](C(=O)OCC(Cl)(Cl)Cl)N1)NC(=O)C1(/C=C/c2ccc3ccc([C@@H](C)N[S@+]([O-])C(C)(C)C)nc3c2)CCC(F)(F)CC1. The third-order valence-electron chi connectivity index (χ3n) is 10.2. The maximum absolute atomic E-state index is 14.5. The lowest BCUT2D eigenvalue weighted by atomic mass is 9.71. The Morgan fingerprint density at radius 1 is 1.09 bits per heavy atom. The van der Waals surface area contributed by atoms with Crippen LogP contribution in [0.15, 0.2) is 36.4 Å². The van der Waals surface area contributed by atoms with E-state index in [1.807, 2.05) is 71.9 Å². The molecule has 56 heavy (non-hydrogen) atoms. The highest BCUT2D eigenvalue weighted by molar-refractivity contribution is 7.90. The molecule has 0 bridgehead atoms. The first-order valence-electron chi connectivity index (χ1n) is 19.0. The molecule has 0 radical (unpaired) electrons. The Morgan fingerprint density at radius 2 is 1.75 bits per heavy atom. The summed E-state index contributed by atoms with van der Waals surface area (Å²) in [7, 11) is 0. The Hall–Kier alpha value is -2.30.